The molecule has 0 saturated carbocycles. The number of hydrogen-bond donors (Lipinski definition) is 1. The molecule has 0 unspecified atom stereocenters. The van der Waals surface area contributed by atoms with E-state index in [1.807, 2.05) is 0 Å². The third-order valence-electron chi connectivity index (χ3n) is 3.87. The predicted molar refractivity (Wildman–Crippen MR) is 94.7 cm³/mol. The highest BCUT2D eigenvalue weighted by Crippen LogP contribution is 2.16. The molecule has 1 N–H and O–H groups in total. The molecule has 0 radical (unpaired) electrons. The quantitative estimate of drug-likeness (QED) is 0.702. The average Bonchev–Trinajstić information content (AvgIpc) is 2.59. The minimum absolute atomic E-state index is 0.126. The number of esters is 1. The third kappa shape index (κ3) is 5.02. The highest BCUT2D eigenvalue weighted by molar-refractivity contribution is 7.89. The monoisotopic (exact) mass is 370 g/mol. The van der Waals surface area contributed by atoms with Crippen molar-refractivity contribution in [2.24, 2.45) is 5.92 Å². The normalized spacial score (nSPS) is 12.9. The zero-order valence-corrected chi connectivity index (χ0v) is 16.1. The average molecular weight is 370 g/mol. The van der Waals surface area contributed by atoms with Crippen molar-refractivity contribution < 1.29 is 22.7 Å². The molecule has 1 aromatic rings. The van der Waals surface area contributed by atoms with Crippen LogP contribution in [0.4, 0.5) is 0 Å². The number of hydrogen-bond acceptors (Lipinski definition) is 5. The van der Waals surface area contributed by atoms with Crippen LogP contribution in [0.1, 0.15) is 38.1 Å². The molecule has 0 saturated heterocycles. The molecule has 0 bridgehead atoms. The minimum atomic E-state index is -3.57. The second-order valence-electron chi connectivity index (χ2n) is 5.83. The van der Waals surface area contributed by atoms with E-state index in [4.69, 9.17) is 0 Å². The van der Waals surface area contributed by atoms with Crippen molar-refractivity contribution in [3.8, 4) is 0 Å². The van der Waals surface area contributed by atoms with Gasteiger partial charge in [0, 0.05) is 18.7 Å². The van der Waals surface area contributed by atoms with Gasteiger partial charge >= 0.3 is 5.97 Å². The second-order valence-corrected chi connectivity index (χ2v) is 7.77. The Morgan fingerprint density at radius 1 is 1.12 bits per heavy atom. The maximum atomic E-state index is 12.4. The summed E-state index contributed by atoms with van der Waals surface area (Å²) in [5.74, 6) is -1.13. The number of rotatable bonds is 8. The van der Waals surface area contributed by atoms with Gasteiger partial charge in [0.2, 0.25) is 10.0 Å². The minimum Gasteiger partial charge on any atom is -0.467 e. The van der Waals surface area contributed by atoms with Gasteiger partial charge in [0.05, 0.1) is 12.0 Å². The SMILES string of the molecule is CCN(CC)S(=O)(=O)c1ccc(C(=O)N[C@H](C(=O)OC)C(C)C)cc1. The lowest BCUT2D eigenvalue weighted by Crippen LogP contribution is -2.45. The molecular formula is C17H26N2O5S. The van der Waals surface area contributed by atoms with Gasteiger partial charge in [-0.25, -0.2) is 13.2 Å². The molecule has 0 spiro atoms. The van der Waals surface area contributed by atoms with Gasteiger partial charge in [-0.2, -0.15) is 4.31 Å². The Bertz CT molecular complexity index is 694. The van der Waals surface area contributed by atoms with Crippen LogP contribution >= 0.6 is 0 Å². The fourth-order valence-electron chi connectivity index (χ4n) is 2.34. The van der Waals surface area contributed by atoms with Crippen molar-refractivity contribution in [3.63, 3.8) is 0 Å². The van der Waals surface area contributed by atoms with Crippen molar-refractivity contribution >= 4 is 21.9 Å². The Morgan fingerprint density at radius 3 is 2.04 bits per heavy atom. The van der Waals surface area contributed by atoms with Crippen LogP contribution in [0.3, 0.4) is 0 Å². The lowest BCUT2D eigenvalue weighted by molar-refractivity contribution is -0.144. The second kappa shape index (κ2) is 8.96. The first-order chi connectivity index (χ1) is 11.7. The topological polar surface area (TPSA) is 92.8 Å². The number of amides is 1. The van der Waals surface area contributed by atoms with Crippen LogP contribution < -0.4 is 5.32 Å². The lowest BCUT2D eigenvalue weighted by atomic mass is 10.0. The molecule has 140 valence electrons. The van der Waals surface area contributed by atoms with Crippen LogP contribution in [0.5, 0.6) is 0 Å². The Labute approximate surface area is 149 Å². The van der Waals surface area contributed by atoms with E-state index in [1.165, 1.54) is 35.7 Å². The van der Waals surface area contributed by atoms with Crippen molar-refractivity contribution in [3.05, 3.63) is 29.8 Å². The first-order valence-corrected chi connectivity index (χ1v) is 9.61. The van der Waals surface area contributed by atoms with Crippen LogP contribution in [-0.2, 0) is 19.6 Å². The molecule has 1 aromatic carbocycles. The van der Waals surface area contributed by atoms with Crippen LogP contribution in [0.15, 0.2) is 29.2 Å². The number of benzene rings is 1. The van der Waals surface area contributed by atoms with E-state index in [-0.39, 0.29) is 16.4 Å². The van der Waals surface area contributed by atoms with E-state index in [0.717, 1.165) is 0 Å². The summed E-state index contributed by atoms with van der Waals surface area (Å²) in [4.78, 5) is 24.2. The Balaban J connectivity index is 2.99. The Morgan fingerprint density at radius 2 is 1.64 bits per heavy atom. The van der Waals surface area contributed by atoms with Crippen LogP contribution in [0, 0.1) is 5.92 Å². The summed E-state index contributed by atoms with van der Waals surface area (Å²) in [6.45, 7) is 7.86. The molecule has 8 heteroatoms. The highest BCUT2D eigenvalue weighted by atomic mass is 32.2. The number of sulfonamides is 1. The molecule has 0 aliphatic carbocycles. The molecule has 0 aliphatic rings. The summed E-state index contributed by atoms with van der Waals surface area (Å²) in [7, 11) is -2.31. The maximum absolute atomic E-state index is 12.4. The number of nitrogens with one attached hydrogen (secondary N) is 1. The standard InChI is InChI=1S/C17H26N2O5S/c1-6-19(7-2)25(22,23)14-10-8-13(9-11-14)16(20)18-15(12(3)4)17(21)24-5/h8-12,15H,6-7H2,1-5H3,(H,18,20)/t15-/m0/s1. The van der Waals surface area contributed by atoms with Crippen molar-refractivity contribution in [2.75, 3.05) is 20.2 Å². The first-order valence-electron chi connectivity index (χ1n) is 8.17. The van der Waals surface area contributed by atoms with E-state index in [9.17, 15) is 18.0 Å². The van der Waals surface area contributed by atoms with Crippen molar-refractivity contribution in [1.29, 1.82) is 0 Å². The summed E-state index contributed by atoms with van der Waals surface area (Å²) in [6, 6.07) is 4.88. The van der Waals surface area contributed by atoms with E-state index in [1.54, 1.807) is 27.7 Å². The van der Waals surface area contributed by atoms with Crippen molar-refractivity contribution in [1.82, 2.24) is 9.62 Å². The summed E-state index contributed by atoms with van der Waals surface area (Å²) in [5, 5.41) is 2.61. The van der Waals surface area contributed by atoms with E-state index in [2.05, 4.69) is 10.1 Å². The zero-order valence-electron chi connectivity index (χ0n) is 15.3. The predicted octanol–water partition coefficient (Wildman–Crippen LogP) is 1.64. The van der Waals surface area contributed by atoms with Gasteiger partial charge in [-0.1, -0.05) is 27.7 Å². The number of carbonyl (C=O) groups excluding carboxylic acids is 2. The van der Waals surface area contributed by atoms with Gasteiger partial charge in [0.15, 0.2) is 0 Å². The summed E-state index contributed by atoms with van der Waals surface area (Å²) in [5.41, 5.74) is 0.271. The van der Waals surface area contributed by atoms with Gasteiger partial charge in [0.1, 0.15) is 6.04 Å². The molecular weight excluding hydrogens is 344 g/mol. The third-order valence-corrected chi connectivity index (χ3v) is 5.93. The largest absolute Gasteiger partial charge is 0.467 e. The van der Waals surface area contributed by atoms with Crippen LogP contribution in [0.25, 0.3) is 0 Å². The van der Waals surface area contributed by atoms with Gasteiger partial charge in [-0.15, -0.1) is 0 Å². The van der Waals surface area contributed by atoms with E-state index >= 15 is 0 Å². The number of nitrogens with zero attached hydrogens (tertiary/aromatic N) is 1. The fraction of sp³-hybridized carbons (Fsp3) is 0.529. The molecule has 1 rings (SSSR count). The lowest BCUT2D eigenvalue weighted by Gasteiger charge is -2.20. The van der Waals surface area contributed by atoms with Gasteiger partial charge in [-0.3, -0.25) is 4.79 Å². The van der Waals surface area contributed by atoms with E-state index in [0.29, 0.717) is 13.1 Å². The molecule has 0 aliphatic heterocycles. The highest BCUT2D eigenvalue weighted by Gasteiger charge is 2.26. The zero-order chi connectivity index (χ0) is 19.2. The Kier molecular flexibility index (Phi) is 7.57. The molecule has 7 nitrogen and oxygen atoms in total. The van der Waals surface area contributed by atoms with Gasteiger partial charge in [-0.05, 0) is 30.2 Å². The summed E-state index contributed by atoms with van der Waals surface area (Å²) in [6.07, 6.45) is 0. The van der Waals surface area contributed by atoms with E-state index < -0.39 is 27.9 Å². The van der Waals surface area contributed by atoms with Crippen LogP contribution in [0.2, 0.25) is 0 Å². The molecule has 1 amide bonds. The number of ether oxygens (including phenoxy) is 1. The van der Waals surface area contributed by atoms with Crippen LogP contribution in [-0.4, -0.2) is 50.8 Å². The molecule has 0 aromatic heterocycles. The maximum Gasteiger partial charge on any atom is 0.328 e. The fourth-order valence-corrected chi connectivity index (χ4v) is 3.80. The number of carbonyl (C=O) groups is 2. The molecule has 25 heavy (non-hydrogen) atoms. The summed E-state index contributed by atoms with van der Waals surface area (Å²) >= 11 is 0. The van der Waals surface area contributed by atoms with Gasteiger partial charge in [0.25, 0.3) is 5.91 Å². The first kappa shape index (κ1) is 21.1. The Hall–Kier alpha value is -1.93. The molecule has 1 atom stereocenters. The molecule has 0 fully saturated rings. The van der Waals surface area contributed by atoms with Gasteiger partial charge < -0.3 is 10.1 Å². The molecule has 0 heterocycles. The summed E-state index contributed by atoms with van der Waals surface area (Å²) < 4.78 is 30.9. The van der Waals surface area contributed by atoms with Crippen molar-refractivity contribution in [2.45, 2.75) is 38.6 Å². The number of methoxy groups -OCH3 is 1. The smallest absolute Gasteiger partial charge is 0.328 e.